The van der Waals surface area contributed by atoms with E-state index in [2.05, 4.69) is 47.5 Å². The summed E-state index contributed by atoms with van der Waals surface area (Å²) in [5.41, 5.74) is 1.50. The van der Waals surface area contributed by atoms with Gasteiger partial charge in [-0.2, -0.15) is 0 Å². The Morgan fingerprint density at radius 3 is 2.83 bits per heavy atom. The van der Waals surface area contributed by atoms with Crippen LogP contribution in [-0.2, 0) is 9.53 Å². The highest BCUT2D eigenvalue weighted by Gasteiger charge is 2.47. The van der Waals surface area contributed by atoms with Crippen LogP contribution in [-0.4, -0.2) is 43.2 Å². The van der Waals surface area contributed by atoms with E-state index in [0.29, 0.717) is 12.1 Å². The summed E-state index contributed by atoms with van der Waals surface area (Å²) in [5.74, 6) is 0.376. The van der Waals surface area contributed by atoms with Gasteiger partial charge in [0.25, 0.3) is 0 Å². The van der Waals surface area contributed by atoms with Crippen molar-refractivity contribution in [3.63, 3.8) is 0 Å². The third kappa shape index (κ3) is 2.79. The van der Waals surface area contributed by atoms with E-state index in [1.807, 2.05) is 0 Å². The summed E-state index contributed by atoms with van der Waals surface area (Å²) in [6, 6.07) is 11.5. The molecule has 3 saturated heterocycles. The Hall–Kier alpha value is -1.39. The van der Waals surface area contributed by atoms with E-state index in [-0.39, 0.29) is 17.2 Å². The van der Waals surface area contributed by atoms with Gasteiger partial charge < -0.3 is 10.1 Å². The lowest BCUT2D eigenvalue weighted by Crippen LogP contribution is -2.50. The van der Waals surface area contributed by atoms with Gasteiger partial charge in [-0.25, -0.2) is 0 Å². The molecule has 1 aromatic rings. The smallest absolute Gasteiger partial charge is 0.224 e. The molecule has 4 rings (SSSR count). The van der Waals surface area contributed by atoms with Crippen LogP contribution in [0.15, 0.2) is 30.3 Å². The molecule has 3 atom stereocenters. The van der Waals surface area contributed by atoms with E-state index in [9.17, 15) is 4.79 Å². The third-order valence-corrected chi connectivity index (χ3v) is 5.80. The monoisotopic (exact) mass is 314 g/mol. The SMILES string of the molecule is CC1(CNC(=O)[C@H]2C[C@@H](c3ccccc3)N3CCC[C@H]23)COC1. The van der Waals surface area contributed by atoms with Crippen molar-refractivity contribution in [3.8, 4) is 0 Å². The van der Waals surface area contributed by atoms with Crippen molar-refractivity contribution in [2.75, 3.05) is 26.3 Å². The van der Waals surface area contributed by atoms with Crippen molar-refractivity contribution < 1.29 is 9.53 Å². The zero-order valence-electron chi connectivity index (χ0n) is 13.8. The highest BCUT2D eigenvalue weighted by Crippen LogP contribution is 2.44. The molecule has 4 heteroatoms. The average Bonchev–Trinajstić information content (AvgIpc) is 3.13. The third-order valence-electron chi connectivity index (χ3n) is 5.80. The van der Waals surface area contributed by atoms with Crippen LogP contribution in [0.25, 0.3) is 0 Å². The summed E-state index contributed by atoms with van der Waals surface area (Å²) < 4.78 is 5.28. The van der Waals surface area contributed by atoms with Gasteiger partial charge >= 0.3 is 0 Å². The van der Waals surface area contributed by atoms with Gasteiger partial charge in [-0.15, -0.1) is 0 Å². The first-order valence-electron chi connectivity index (χ1n) is 8.82. The Balaban J connectivity index is 1.45. The molecule has 124 valence electrons. The predicted molar refractivity (Wildman–Crippen MR) is 89.0 cm³/mol. The number of fused-ring (bicyclic) bond motifs is 1. The van der Waals surface area contributed by atoms with Crippen molar-refractivity contribution >= 4 is 5.91 Å². The highest BCUT2D eigenvalue weighted by atomic mass is 16.5. The molecule has 1 N–H and O–H groups in total. The number of nitrogens with zero attached hydrogens (tertiary/aromatic N) is 1. The van der Waals surface area contributed by atoms with Crippen LogP contribution < -0.4 is 5.32 Å². The molecule has 3 heterocycles. The van der Waals surface area contributed by atoms with Gasteiger partial charge in [-0.05, 0) is 31.4 Å². The minimum absolute atomic E-state index is 0.132. The van der Waals surface area contributed by atoms with E-state index in [4.69, 9.17) is 4.74 Å². The molecule has 4 nitrogen and oxygen atoms in total. The van der Waals surface area contributed by atoms with Gasteiger partial charge in [-0.3, -0.25) is 9.69 Å². The molecule has 3 fully saturated rings. The maximum absolute atomic E-state index is 12.8. The lowest BCUT2D eigenvalue weighted by molar-refractivity contribution is -0.130. The van der Waals surface area contributed by atoms with Crippen LogP contribution in [0.2, 0.25) is 0 Å². The number of hydrogen-bond donors (Lipinski definition) is 1. The molecule has 1 amide bonds. The summed E-state index contributed by atoms with van der Waals surface area (Å²) in [6.07, 6.45) is 3.32. The Labute approximate surface area is 138 Å². The Kier molecular flexibility index (Phi) is 3.90. The van der Waals surface area contributed by atoms with Gasteiger partial charge in [0.1, 0.15) is 0 Å². The summed E-state index contributed by atoms with van der Waals surface area (Å²) in [4.78, 5) is 15.3. The highest BCUT2D eigenvalue weighted by molar-refractivity contribution is 5.80. The number of nitrogens with one attached hydrogen (secondary N) is 1. The molecule has 0 aromatic heterocycles. The van der Waals surface area contributed by atoms with E-state index in [1.165, 1.54) is 12.0 Å². The first-order chi connectivity index (χ1) is 11.2. The molecule has 0 saturated carbocycles. The first kappa shape index (κ1) is 15.2. The van der Waals surface area contributed by atoms with Crippen molar-refractivity contribution in [3.05, 3.63) is 35.9 Å². The minimum Gasteiger partial charge on any atom is -0.380 e. The second-order valence-electron chi connectivity index (χ2n) is 7.74. The van der Waals surface area contributed by atoms with Gasteiger partial charge in [-0.1, -0.05) is 37.3 Å². The Bertz CT molecular complexity index is 570. The Morgan fingerprint density at radius 1 is 1.35 bits per heavy atom. The summed E-state index contributed by atoms with van der Waals surface area (Å²) in [7, 11) is 0. The van der Waals surface area contributed by atoms with Crippen LogP contribution in [0.3, 0.4) is 0 Å². The number of carbonyl (C=O) groups excluding carboxylic acids is 1. The van der Waals surface area contributed by atoms with Crippen LogP contribution in [0.4, 0.5) is 0 Å². The van der Waals surface area contributed by atoms with E-state index < -0.39 is 0 Å². The maximum atomic E-state index is 12.8. The molecule has 0 radical (unpaired) electrons. The van der Waals surface area contributed by atoms with E-state index in [1.54, 1.807) is 0 Å². The number of rotatable bonds is 4. The molecule has 0 bridgehead atoms. The lowest BCUT2D eigenvalue weighted by Gasteiger charge is -2.38. The first-order valence-corrected chi connectivity index (χ1v) is 8.82. The van der Waals surface area contributed by atoms with Crippen LogP contribution in [0, 0.1) is 11.3 Å². The maximum Gasteiger partial charge on any atom is 0.224 e. The molecule has 3 aliphatic heterocycles. The van der Waals surface area contributed by atoms with Crippen molar-refractivity contribution in [1.82, 2.24) is 10.2 Å². The number of carbonyl (C=O) groups is 1. The standard InChI is InChI=1S/C19H26N2O2/c1-19(12-23-13-19)11-20-18(22)15-10-17(14-6-3-2-4-7-14)21-9-5-8-16(15)21/h2-4,6-7,15-17H,5,8-13H2,1H3,(H,20,22)/t15-,16+,17-/m0/s1. The molecule has 3 aliphatic rings. The van der Waals surface area contributed by atoms with Crippen LogP contribution in [0.5, 0.6) is 0 Å². The van der Waals surface area contributed by atoms with Gasteiger partial charge in [0.05, 0.1) is 19.1 Å². The van der Waals surface area contributed by atoms with E-state index in [0.717, 1.165) is 39.1 Å². The quantitative estimate of drug-likeness (QED) is 0.927. The Morgan fingerprint density at radius 2 is 2.13 bits per heavy atom. The lowest BCUT2D eigenvalue weighted by atomic mass is 9.88. The minimum atomic E-state index is 0.132. The second-order valence-corrected chi connectivity index (χ2v) is 7.74. The molecule has 1 aromatic carbocycles. The second kappa shape index (κ2) is 5.91. The van der Waals surface area contributed by atoms with Crippen molar-refractivity contribution in [2.45, 2.75) is 38.3 Å². The molecule has 0 aliphatic carbocycles. The topological polar surface area (TPSA) is 41.6 Å². The number of ether oxygens (including phenoxy) is 1. The van der Waals surface area contributed by atoms with Gasteiger partial charge in [0.2, 0.25) is 5.91 Å². The predicted octanol–water partition coefficient (Wildman–Crippen LogP) is 2.36. The molecule has 0 unspecified atom stereocenters. The summed E-state index contributed by atoms with van der Waals surface area (Å²) in [5, 5.41) is 3.21. The number of benzene rings is 1. The number of amides is 1. The van der Waals surface area contributed by atoms with Crippen molar-refractivity contribution in [1.29, 1.82) is 0 Å². The molecule has 23 heavy (non-hydrogen) atoms. The van der Waals surface area contributed by atoms with Gasteiger partial charge in [0.15, 0.2) is 0 Å². The van der Waals surface area contributed by atoms with E-state index >= 15 is 0 Å². The number of hydrogen-bond acceptors (Lipinski definition) is 3. The average molecular weight is 314 g/mol. The van der Waals surface area contributed by atoms with Crippen LogP contribution >= 0.6 is 0 Å². The zero-order chi connectivity index (χ0) is 15.9. The zero-order valence-corrected chi connectivity index (χ0v) is 13.8. The summed E-state index contributed by atoms with van der Waals surface area (Å²) in [6.45, 7) is 5.57. The summed E-state index contributed by atoms with van der Waals surface area (Å²) >= 11 is 0. The normalized spacial score (nSPS) is 32.3. The molecular weight excluding hydrogens is 288 g/mol. The largest absolute Gasteiger partial charge is 0.380 e. The molecular formula is C19H26N2O2. The van der Waals surface area contributed by atoms with Crippen molar-refractivity contribution in [2.24, 2.45) is 11.3 Å². The van der Waals surface area contributed by atoms with Gasteiger partial charge in [0, 0.05) is 24.0 Å². The fourth-order valence-electron chi connectivity index (χ4n) is 4.44. The fraction of sp³-hybridized carbons (Fsp3) is 0.632. The van der Waals surface area contributed by atoms with Crippen LogP contribution in [0.1, 0.15) is 37.8 Å². The molecule has 0 spiro atoms. The fourth-order valence-corrected chi connectivity index (χ4v) is 4.44.